The van der Waals surface area contributed by atoms with Gasteiger partial charge in [0.15, 0.2) is 5.13 Å². The molecule has 204 valence electrons. The molecule has 1 aromatic heterocycles. The number of carbonyl (C=O) groups is 1. The Hall–Kier alpha value is -3.94. The van der Waals surface area contributed by atoms with Crippen LogP contribution in [0.5, 0.6) is 5.88 Å². The molecule has 0 saturated carbocycles. The highest BCUT2D eigenvalue weighted by Crippen LogP contribution is 2.42. The Labute approximate surface area is 220 Å². The van der Waals surface area contributed by atoms with Gasteiger partial charge in [0.05, 0.1) is 27.6 Å². The van der Waals surface area contributed by atoms with Gasteiger partial charge in [0.2, 0.25) is 5.88 Å². The first-order chi connectivity index (χ1) is 18.3. The minimum absolute atomic E-state index is 0.0703. The molecule has 0 unspecified atom stereocenters. The molecule has 0 spiro atoms. The van der Waals surface area contributed by atoms with Gasteiger partial charge in [0.25, 0.3) is 0 Å². The van der Waals surface area contributed by atoms with Gasteiger partial charge in [0, 0.05) is 18.5 Å². The van der Waals surface area contributed by atoms with Crippen LogP contribution in [0.1, 0.15) is 40.0 Å². The van der Waals surface area contributed by atoms with Crippen molar-refractivity contribution in [1.82, 2.24) is 4.98 Å². The van der Waals surface area contributed by atoms with Crippen LogP contribution in [0.4, 0.5) is 31.5 Å². The van der Waals surface area contributed by atoms with Crippen molar-refractivity contribution in [3.8, 4) is 5.88 Å². The van der Waals surface area contributed by atoms with E-state index in [1.165, 1.54) is 11.1 Å². The van der Waals surface area contributed by atoms with Crippen LogP contribution in [0.15, 0.2) is 46.6 Å². The maximum Gasteiger partial charge on any atom is 0.416 e. The number of benzene rings is 2. The highest BCUT2D eigenvalue weighted by Gasteiger charge is 2.39. The summed E-state index contributed by atoms with van der Waals surface area (Å²) in [5, 5.41) is 29.1. The van der Waals surface area contributed by atoms with E-state index in [0.717, 1.165) is 17.4 Å². The van der Waals surface area contributed by atoms with Crippen molar-refractivity contribution >= 4 is 34.2 Å². The largest absolute Gasteiger partial charge is 0.492 e. The number of hydrogen-bond donors (Lipinski definition) is 2. The second-order valence-electron chi connectivity index (χ2n) is 8.98. The number of rotatable bonds is 5. The van der Waals surface area contributed by atoms with Crippen LogP contribution in [-0.4, -0.2) is 40.0 Å². The fourth-order valence-electron chi connectivity index (χ4n) is 4.64. The molecule has 7 nitrogen and oxygen atoms in total. The lowest BCUT2D eigenvalue weighted by Crippen LogP contribution is -2.35. The Morgan fingerprint density at radius 1 is 1.08 bits per heavy atom. The molecule has 3 heterocycles. The van der Waals surface area contributed by atoms with Gasteiger partial charge in [-0.1, -0.05) is 23.5 Å². The Bertz CT molecular complexity index is 1610. The van der Waals surface area contributed by atoms with Gasteiger partial charge in [-0.15, -0.1) is 0 Å². The monoisotopic (exact) mass is 568 g/mol. The Kier molecular flexibility index (Phi) is 6.61. The third kappa shape index (κ3) is 5.20. The van der Waals surface area contributed by atoms with Gasteiger partial charge in [-0.2, -0.15) is 41.5 Å². The molecule has 2 aliphatic heterocycles. The number of halogens is 6. The molecule has 0 bridgehead atoms. The lowest BCUT2D eigenvalue weighted by molar-refractivity contribution is -0.143. The summed E-state index contributed by atoms with van der Waals surface area (Å²) in [5.74, 6) is -1.60. The predicted molar refractivity (Wildman–Crippen MR) is 129 cm³/mol. The number of hydrogen-bond acceptors (Lipinski definition) is 7. The molecule has 3 aromatic rings. The summed E-state index contributed by atoms with van der Waals surface area (Å²) in [6.45, 7) is 0.354. The molecule has 0 amide bonds. The van der Waals surface area contributed by atoms with Gasteiger partial charge in [-0.25, -0.2) is 4.79 Å². The molecule has 1 atom stereocenters. The summed E-state index contributed by atoms with van der Waals surface area (Å²) in [6.07, 6.45) is -8.20. The number of alkyl halides is 6. The zero-order valence-corrected chi connectivity index (χ0v) is 20.5. The molecule has 2 aromatic carbocycles. The zero-order valence-electron chi connectivity index (χ0n) is 19.7. The van der Waals surface area contributed by atoms with Crippen LogP contribution in [0.2, 0.25) is 0 Å². The number of nitrogens with zero attached hydrogens (tertiary/aromatic N) is 4. The van der Waals surface area contributed by atoms with Crippen molar-refractivity contribution < 1.29 is 41.4 Å². The molecular weight excluding hydrogens is 550 g/mol. The summed E-state index contributed by atoms with van der Waals surface area (Å²) in [5.41, 5.74) is -2.61. The Morgan fingerprint density at radius 3 is 2.54 bits per heavy atom. The topological polar surface area (TPSA) is 98.4 Å². The fraction of sp³-hybridized carbons (Fsp3) is 0.280. The van der Waals surface area contributed by atoms with Crippen molar-refractivity contribution in [1.29, 1.82) is 0 Å². The molecule has 0 aliphatic carbocycles. The van der Waals surface area contributed by atoms with E-state index in [2.05, 4.69) is 15.2 Å². The molecule has 1 saturated heterocycles. The van der Waals surface area contributed by atoms with E-state index < -0.39 is 53.4 Å². The van der Waals surface area contributed by atoms with Gasteiger partial charge >= 0.3 is 18.3 Å². The zero-order chi connectivity index (χ0) is 28.1. The normalized spacial score (nSPS) is 17.8. The molecule has 1 fully saturated rings. The van der Waals surface area contributed by atoms with Gasteiger partial charge in [0.1, 0.15) is 6.04 Å². The van der Waals surface area contributed by atoms with E-state index in [1.807, 2.05) is 0 Å². The van der Waals surface area contributed by atoms with E-state index in [-0.39, 0.29) is 21.6 Å². The Balaban J connectivity index is 1.68. The van der Waals surface area contributed by atoms with E-state index in [1.54, 1.807) is 18.2 Å². The lowest BCUT2D eigenvalue weighted by atomic mass is 9.94. The van der Waals surface area contributed by atoms with Crippen LogP contribution in [0.25, 0.3) is 5.57 Å². The smallest absolute Gasteiger partial charge is 0.416 e. The number of aromatic nitrogens is 1. The number of aromatic hydroxyl groups is 1. The highest BCUT2D eigenvalue weighted by molar-refractivity contribution is 7.17. The minimum atomic E-state index is -5.09. The maximum atomic E-state index is 13.9. The van der Waals surface area contributed by atoms with Gasteiger partial charge in [-0.05, 0) is 53.5 Å². The van der Waals surface area contributed by atoms with Gasteiger partial charge in [-0.3, -0.25) is 0 Å². The van der Waals surface area contributed by atoms with Crippen LogP contribution in [-0.2, 0) is 23.6 Å². The third-order valence-corrected chi connectivity index (χ3v) is 7.65. The average Bonchev–Trinajstić information content (AvgIpc) is 3.60. The molecule has 2 aliphatic rings. The van der Waals surface area contributed by atoms with Gasteiger partial charge < -0.3 is 15.1 Å². The number of fused-ring (bicyclic) bond motifs is 1. The molecule has 5 rings (SSSR count). The standard InChI is InChI=1S/C25H18F6N4O3S/c26-24(27,28)15-5-3-13(17(10-15)25(29,30)31)9-16(12-4-6-18-14(8-12)11-32-34-18)20-21(36)33-23(39-20)35-7-1-2-19(35)22(37)38/h3-6,8,10-11,19,36H,1-2,7,9H2,(H,37,38)/t19-/m1/s1. The number of anilines is 1. The van der Waals surface area contributed by atoms with Crippen molar-refractivity contribution in [2.24, 2.45) is 10.2 Å². The van der Waals surface area contributed by atoms with Crippen molar-refractivity contribution in [3.05, 3.63) is 74.1 Å². The van der Waals surface area contributed by atoms with Crippen molar-refractivity contribution in [3.63, 3.8) is 0 Å². The lowest BCUT2D eigenvalue weighted by Gasteiger charge is -2.19. The molecule has 39 heavy (non-hydrogen) atoms. The maximum absolute atomic E-state index is 13.9. The minimum Gasteiger partial charge on any atom is -0.492 e. The van der Waals surface area contributed by atoms with Crippen molar-refractivity contribution in [2.45, 2.75) is 37.7 Å². The molecule has 2 N–H and O–H groups in total. The van der Waals surface area contributed by atoms with Crippen LogP contribution >= 0.6 is 11.3 Å². The molecule has 0 radical (unpaired) electrons. The van der Waals surface area contributed by atoms with Crippen molar-refractivity contribution in [2.75, 3.05) is 11.4 Å². The first kappa shape index (κ1) is 26.7. The SMILES string of the molecule is O=C(O)[C@H]1CCCN1c1nc(O)c(C(Cc2ccc(C(F)(F)F)cc2C(F)(F)F)=c2ccc3c(c2)C=NN=3)s1. The van der Waals surface area contributed by atoms with E-state index in [0.29, 0.717) is 41.6 Å². The summed E-state index contributed by atoms with van der Waals surface area (Å²) in [4.78, 5) is 17.3. The first-order valence-electron chi connectivity index (χ1n) is 11.5. The van der Waals surface area contributed by atoms with E-state index in [4.69, 9.17) is 0 Å². The first-order valence-corrected chi connectivity index (χ1v) is 12.4. The number of carboxylic acids is 1. The quantitative estimate of drug-likeness (QED) is 0.446. The highest BCUT2D eigenvalue weighted by atomic mass is 32.1. The Morgan fingerprint density at radius 2 is 1.85 bits per heavy atom. The van der Waals surface area contributed by atoms with Crippen LogP contribution in [0.3, 0.4) is 0 Å². The molecular formula is C25H18F6N4O3S. The van der Waals surface area contributed by atoms with Crippen LogP contribution in [0, 0.1) is 0 Å². The summed E-state index contributed by atoms with van der Waals surface area (Å²) in [6, 6.07) is 5.27. The summed E-state index contributed by atoms with van der Waals surface area (Å²) < 4.78 is 81.4. The van der Waals surface area contributed by atoms with Crippen LogP contribution < -0.4 is 15.5 Å². The van der Waals surface area contributed by atoms with E-state index >= 15 is 0 Å². The fourth-order valence-corrected chi connectivity index (χ4v) is 5.74. The summed E-state index contributed by atoms with van der Waals surface area (Å²) >= 11 is 0.900. The average molecular weight is 568 g/mol. The molecule has 14 heteroatoms. The number of aliphatic carboxylic acids is 1. The second kappa shape index (κ2) is 9.67. The summed E-state index contributed by atoms with van der Waals surface area (Å²) in [7, 11) is 0. The number of carboxylic acid groups (broad SMARTS) is 1. The third-order valence-electron chi connectivity index (χ3n) is 6.50. The number of thiazole rings is 1. The second-order valence-corrected chi connectivity index (χ2v) is 9.96. The van der Waals surface area contributed by atoms with E-state index in [9.17, 15) is 41.4 Å². The predicted octanol–water partition coefficient (Wildman–Crippen LogP) is 4.35.